The summed E-state index contributed by atoms with van der Waals surface area (Å²) in [4.78, 5) is 0. The van der Waals surface area contributed by atoms with Gasteiger partial charge in [0.15, 0.2) is 0 Å². The molecule has 0 aromatic heterocycles. The number of hydrogen-bond acceptors (Lipinski definition) is 0. The first kappa shape index (κ1) is 36.3. The van der Waals surface area contributed by atoms with Crippen LogP contribution in [0.1, 0.15) is 0 Å². The van der Waals surface area contributed by atoms with Crippen molar-refractivity contribution in [3.8, 4) is 55.6 Å². The summed E-state index contributed by atoms with van der Waals surface area (Å²) in [5.74, 6) is 0. The highest BCUT2D eigenvalue weighted by Gasteiger charge is 2.21. The minimum Gasteiger partial charge on any atom is -0.0616 e. The average Bonchev–Trinajstić information content (AvgIpc) is 3.36. The van der Waals surface area contributed by atoms with E-state index in [9.17, 15) is 0 Å². The molecule has 13 rings (SSSR count). The Labute approximate surface area is 371 Å². The molecule has 0 fully saturated rings. The summed E-state index contributed by atoms with van der Waals surface area (Å²) in [6.07, 6.45) is 0. The van der Waals surface area contributed by atoms with Crippen molar-refractivity contribution in [1.82, 2.24) is 0 Å². The third-order valence-corrected chi connectivity index (χ3v) is 13.6. The minimum atomic E-state index is 1.22. The smallest absolute Gasteiger partial charge is 0.00201 e. The van der Waals surface area contributed by atoms with E-state index in [2.05, 4.69) is 243 Å². The zero-order chi connectivity index (χ0) is 42.1. The quantitative estimate of drug-likeness (QED) is 0.152. The highest BCUT2D eigenvalue weighted by molar-refractivity contribution is 6.27. The molecule has 13 aromatic carbocycles. The summed E-state index contributed by atoms with van der Waals surface area (Å²) in [6, 6.07) is 89.9. The molecule has 296 valence electrons. The Kier molecular flexibility index (Phi) is 8.32. The molecule has 0 heteroatoms. The van der Waals surface area contributed by atoms with Gasteiger partial charge in [-0.15, -0.1) is 0 Å². The minimum absolute atomic E-state index is 1.22. The molecule has 0 atom stereocenters. The molecule has 0 aliphatic carbocycles. The fourth-order valence-corrected chi connectivity index (χ4v) is 10.7. The fraction of sp³-hybridized carbons (Fsp3) is 0. The van der Waals surface area contributed by atoms with Crippen LogP contribution in [0.4, 0.5) is 0 Å². The lowest BCUT2D eigenvalue weighted by atomic mass is 9.82. The Bertz CT molecular complexity index is 3890. The van der Waals surface area contributed by atoms with Crippen LogP contribution in [0.2, 0.25) is 0 Å². The summed E-state index contributed by atoms with van der Waals surface area (Å²) in [7, 11) is 0. The molecule has 0 heterocycles. The van der Waals surface area contributed by atoms with Gasteiger partial charge in [-0.2, -0.15) is 0 Å². The molecule has 0 radical (unpaired) electrons. The molecule has 0 saturated heterocycles. The number of fused-ring (bicyclic) bond motifs is 7. The second-order valence-electron chi connectivity index (χ2n) is 17.1. The summed E-state index contributed by atoms with van der Waals surface area (Å²) in [5.41, 5.74) is 12.5. The van der Waals surface area contributed by atoms with Crippen molar-refractivity contribution in [3.63, 3.8) is 0 Å². The normalized spacial score (nSPS) is 11.8. The molecule has 64 heavy (non-hydrogen) atoms. The van der Waals surface area contributed by atoms with Gasteiger partial charge in [0.05, 0.1) is 0 Å². The van der Waals surface area contributed by atoms with Gasteiger partial charge < -0.3 is 0 Å². The summed E-state index contributed by atoms with van der Waals surface area (Å²) in [5, 5.41) is 17.6. The SMILES string of the molecule is c1ccc2cc(-c3ccc(-c4c5ccccc5c(-c5cccc6c(-c7c8ccccc8c(-c8ccc9ccccc9c8)c8ccccc78)cccc56)c5ccccc45)cc3)ccc2c1. The van der Waals surface area contributed by atoms with E-state index in [4.69, 9.17) is 0 Å². The standard InChI is InChI=1S/C64H40/c1-3-17-45-39-47(37-33-41(45)15-1)43-31-35-44(36-32-43)61-53-19-5-9-23-57(53)63(58-24-10-6-20-54(58)61)51-29-13-28-50-49(51)27-14-30-52(50)64-59-25-11-7-21-55(59)62(56-22-8-12-26-60(56)64)48-38-34-42-16-2-4-18-46(42)40-48/h1-40H. The maximum atomic E-state index is 2.36. The molecule has 13 aromatic rings. The third kappa shape index (κ3) is 5.70. The first-order valence-electron chi connectivity index (χ1n) is 22.2. The molecule has 0 N–H and O–H groups in total. The van der Waals surface area contributed by atoms with Gasteiger partial charge in [-0.1, -0.05) is 231 Å². The maximum Gasteiger partial charge on any atom is -0.00201 e. The van der Waals surface area contributed by atoms with Gasteiger partial charge in [-0.3, -0.25) is 0 Å². The van der Waals surface area contributed by atoms with Crippen LogP contribution >= 0.6 is 0 Å². The van der Waals surface area contributed by atoms with Crippen molar-refractivity contribution in [2.75, 3.05) is 0 Å². The van der Waals surface area contributed by atoms with Crippen LogP contribution in [0.3, 0.4) is 0 Å². The Balaban J connectivity index is 1.01. The predicted octanol–water partition coefficient (Wildman–Crippen LogP) is 18.1. The van der Waals surface area contributed by atoms with E-state index in [-0.39, 0.29) is 0 Å². The zero-order valence-corrected chi connectivity index (χ0v) is 35.1. The van der Waals surface area contributed by atoms with Gasteiger partial charge in [0.2, 0.25) is 0 Å². The van der Waals surface area contributed by atoms with E-state index in [1.165, 1.54) is 131 Å². The first-order chi connectivity index (χ1) is 31.8. The fourth-order valence-electron chi connectivity index (χ4n) is 10.7. The van der Waals surface area contributed by atoms with Gasteiger partial charge in [0.25, 0.3) is 0 Å². The van der Waals surface area contributed by atoms with Crippen LogP contribution in [-0.4, -0.2) is 0 Å². The van der Waals surface area contributed by atoms with Crippen LogP contribution in [0.15, 0.2) is 243 Å². The Morgan fingerprint density at radius 3 is 0.891 bits per heavy atom. The van der Waals surface area contributed by atoms with Crippen LogP contribution in [0, 0.1) is 0 Å². The van der Waals surface area contributed by atoms with E-state index < -0.39 is 0 Å². The van der Waals surface area contributed by atoms with Crippen molar-refractivity contribution >= 4 is 75.4 Å². The highest BCUT2D eigenvalue weighted by atomic mass is 14.2. The van der Waals surface area contributed by atoms with E-state index in [1.807, 2.05) is 0 Å². The number of hydrogen-bond donors (Lipinski definition) is 0. The van der Waals surface area contributed by atoms with E-state index in [0.29, 0.717) is 0 Å². The molecule has 0 aliphatic heterocycles. The Morgan fingerprint density at radius 1 is 0.156 bits per heavy atom. The van der Waals surface area contributed by atoms with Crippen molar-refractivity contribution in [3.05, 3.63) is 243 Å². The van der Waals surface area contributed by atoms with Crippen molar-refractivity contribution in [2.24, 2.45) is 0 Å². The monoisotopic (exact) mass is 808 g/mol. The topological polar surface area (TPSA) is 0 Å². The van der Waals surface area contributed by atoms with Crippen molar-refractivity contribution < 1.29 is 0 Å². The Hall–Kier alpha value is -8.32. The molecule has 0 nitrogen and oxygen atoms in total. The lowest BCUT2D eigenvalue weighted by Gasteiger charge is -2.21. The summed E-state index contributed by atoms with van der Waals surface area (Å²) in [6.45, 7) is 0. The van der Waals surface area contributed by atoms with Crippen molar-refractivity contribution in [2.45, 2.75) is 0 Å². The lowest BCUT2D eigenvalue weighted by molar-refractivity contribution is 1.63. The largest absolute Gasteiger partial charge is 0.0616 e. The predicted molar refractivity (Wildman–Crippen MR) is 276 cm³/mol. The van der Waals surface area contributed by atoms with Crippen LogP contribution in [0.25, 0.3) is 131 Å². The van der Waals surface area contributed by atoms with Crippen molar-refractivity contribution in [1.29, 1.82) is 0 Å². The molecule has 0 amide bonds. The average molecular weight is 809 g/mol. The molecule has 0 saturated carbocycles. The molecular formula is C64H40. The second kappa shape index (κ2) is 14.7. The van der Waals surface area contributed by atoms with E-state index in [1.54, 1.807) is 0 Å². The molecular weight excluding hydrogens is 769 g/mol. The van der Waals surface area contributed by atoms with Gasteiger partial charge in [0, 0.05) is 0 Å². The zero-order valence-electron chi connectivity index (χ0n) is 35.1. The van der Waals surface area contributed by atoms with E-state index in [0.717, 1.165) is 0 Å². The van der Waals surface area contributed by atoms with Gasteiger partial charge in [-0.05, 0) is 143 Å². The molecule has 0 bridgehead atoms. The molecule has 0 spiro atoms. The summed E-state index contributed by atoms with van der Waals surface area (Å²) >= 11 is 0. The van der Waals surface area contributed by atoms with Crippen LogP contribution in [-0.2, 0) is 0 Å². The molecule has 0 aliphatic rings. The van der Waals surface area contributed by atoms with Crippen LogP contribution in [0.5, 0.6) is 0 Å². The van der Waals surface area contributed by atoms with Gasteiger partial charge in [-0.25, -0.2) is 0 Å². The first-order valence-corrected chi connectivity index (χ1v) is 22.2. The summed E-state index contributed by atoms with van der Waals surface area (Å²) < 4.78 is 0. The number of benzene rings is 13. The molecule has 0 unspecified atom stereocenters. The second-order valence-corrected chi connectivity index (χ2v) is 17.1. The van der Waals surface area contributed by atoms with Crippen LogP contribution < -0.4 is 0 Å². The van der Waals surface area contributed by atoms with E-state index >= 15 is 0 Å². The number of rotatable bonds is 5. The van der Waals surface area contributed by atoms with Gasteiger partial charge >= 0.3 is 0 Å². The Morgan fingerprint density at radius 2 is 0.453 bits per heavy atom. The highest BCUT2D eigenvalue weighted by Crippen LogP contribution is 2.49. The third-order valence-electron chi connectivity index (χ3n) is 13.6. The lowest BCUT2D eigenvalue weighted by Crippen LogP contribution is -1.93. The maximum absolute atomic E-state index is 2.36. The van der Waals surface area contributed by atoms with Gasteiger partial charge in [0.1, 0.15) is 0 Å².